The number of hydrogen-bond donors (Lipinski definition) is 0. The highest BCUT2D eigenvalue weighted by atomic mass is 15.3. The van der Waals surface area contributed by atoms with Crippen LogP contribution in [-0.4, -0.2) is 48.6 Å². The first kappa shape index (κ1) is 13.3. The SMILES string of the molecule is c1cnn(CC[C@@H]2CCCCN2CCn2cncn2)c1. The summed E-state index contributed by atoms with van der Waals surface area (Å²) in [5.41, 5.74) is 0. The summed E-state index contributed by atoms with van der Waals surface area (Å²) in [4.78, 5) is 6.60. The lowest BCUT2D eigenvalue weighted by atomic mass is 9.99. The van der Waals surface area contributed by atoms with E-state index in [0.29, 0.717) is 6.04 Å². The van der Waals surface area contributed by atoms with Gasteiger partial charge in [0.15, 0.2) is 0 Å². The largest absolute Gasteiger partial charge is 0.298 e. The molecule has 0 unspecified atom stereocenters. The summed E-state index contributed by atoms with van der Waals surface area (Å²) in [5, 5.41) is 8.47. The van der Waals surface area contributed by atoms with Gasteiger partial charge in [0, 0.05) is 31.5 Å². The van der Waals surface area contributed by atoms with Crippen LogP contribution in [0.3, 0.4) is 0 Å². The molecule has 0 saturated carbocycles. The lowest BCUT2D eigenvalue weighted by Crippen LogP contribution is -2.41. The Labute approximate surface area is 119 Å². The normalized spacial score (nSPS) is 20.3. The van der Waals surface area contributed by atoms with E-state index < -0.39 is 0 Å². The Kier molecular flexibility index (Phi) is 4.42. The Morgan fingerprint density at radius 3 is 2.85 bits per heavy atom. The Bertz CT molecular complexity index is 432. The molecule has 1 saturated heterocycles. The molecule has 6 nitrogen and oxygen atoms in total. The average Bonchev–Trinajstić information content (AvgIpc) is 3.17. The molecular formula is C14H22N6. The van der Waals surface area contributed by atoms with E-state index in [9.17, 15) is 0 Å². The third kappa shape index (κ3) is 3.45. The zero-order valence-electron chi connectivity index (χ0n) is 11.8. The Morgan fingerprint density at radius 1 is 1.05 bits per heavy atom. The quantitative estimate of drug-likeness (QED) is 0.799. The molecule has 2 aromatic rings. The molecule has 0 spiro atoms. The van der Waals surface area contributed by atoms with Gasteiger partial charge in [0.05, 0.1) is 6.54 Å². The molecule has 20 heavy (non-hydrogen) atoms. The zero-order chi connectivity index (χ0) is 13.6. The summed E-state index contributed by atoms with van der Waals surface area (Å²) in [6, 6.07) is 2.67. The van der Waals surface area contributed by atoms with Crippen LogP contribution in [0.5, 0.6) is 0 Å². The number of piperidine rings is 1. The summed E-state index contributed by atoms with van der Waals surface area (Å²) in [7, 11) is 0. The van der Waals surface area contributed by atoms with Gasteiger partial charge in [0.1, 0.15) is 12.7 Å². The summed E-state index contributed by atoms with van der Waals surface area (Å²) >= 11 is 0. The van der Waals surface area contributed by atoms with E-state index in [-0.39, 0.29) is 0 Å². The number of rotatable bonds is 6. The van der Waals surface area contributed by atoms with Gasteiger partial charge in [-0.3, -0.25) is 14.3 Å². The first-order valence-corrected chi connectivity index (χ1v) is 7.46. The summed E-state index contributed by atoms with van der Waals surface area (Å²) in [5.74, 6) is 0. The predicted molar refractivity (Wildman–Crippen MR) is 76.1 cm³/mol. The Morgan fingerprint density at radius 2 is 2.05 bits per heavy atom. The van der Waals surface area contributed by atoms with Crippen molar-refractivity contribution in [2.75, 3.05) is 13.1 Å². The van der Waals surface area contributed by atoms with Crippen LogP contribution in [0.2, 0.25) is 0 Å². The maximum atomic E-state index is 4.29. The molecule has 108 valence electrons. The van der Waals surface area contributed by atoms with Crippen molar-refractivity contribution >= 4 is 0 Å². The van der Waals surface area contributed by atoms with Gasteiger partial charge in [0.25, 0.3) is 0 Å². The van der Waals surface area contributed by atoms with Gasteiger partial charge in [-0.15, -0.1) is 0 Å². The van der Waals surface area contributed by atoms with Gasteiger partial charge < -0.3 is 0 Å². The van der Waals surface area contributed by atoms with Crippen molar-refractivity contribution in [3.05, 3.63) is 31.1 Å². The summed E-state index contributed by atoms with van der Waals surface area (Å²) < 4.78 is 3.95. The van der Waals surface area contributed by atoms with Crippen LogP contribution in [-0.2, 0) is 13.1 Å². The first-order chi connectivity index (χ1) is 9.92. The number of likely N-dealkylation sites (tertiary alicyclic amines) is 1. The second-order valence-corrected chi connectivity index (χ2v) is 5.40. The molecule has 0 bridgehead atoms. The molecule has 0 radical (unpaired) electrons. The molecule has 0 N–H and O–H groups in total. The van der Waals surface area contributed by atoms with Gasteiger partial charge >= 0.3 is 0 Å². The van der Waals surface area contributed by atoms with E-state index in [1.54, 1.807) is 12.7 Å². The molecule has 2 aromatic heterocycles. The van der Waals surface area contributed by atoms with Crippen LogP contribution in [0.4, 0.5) is 0 Å². The second kappa shape index (κ2) is 6.65. The molecule has 1 aliphatic rings. The van der Waals surface area contributed by atoms with Crippen LogP contribution in [0.15, 0.2) is 31.1 Å². The molecule has 0 amide bonds. The molecule has 3 heterocycles. The van der Waals surface area contributed by atoms with E-state index in [2.05, 4.69) is 20.1 Å². The molecule has 0 aliphatic carbocycles. The standard InChI is InChI=1S/C14H22N6/c1-2-7-18(10-11-20-13-15-12-17-20)14(4-1)5-9-19-8-3-6-16-19/h3,6,8,12-14H,1-2,4-5,7,9-11H2/t14-/m0/s1. The third-order valence-corrected chi connectivity index (χ3v) is 4.08. The van der Waals surface area contributed by atoms with Gasteiger partial charge in [0.2, 0.25) is 0 Å². The monoisotopic (exact) mass is 274 g/mol. The fourth-order valence-corrected chi connectivity index (χ4v) is 2.97. The van der Waals surface area contributed by atoms with E-state index >= 15 is 0 Å². The highest BCUT2D eigenvalue weighted by Gasteiger charge is 2.21. The van der Waals surface area contributed by atoms with Crippen molar-refractivity contribution < 1.29 is 0 Å². The molecule has 6 heteroatoms. The minimum atomic E-state index is 0.677. The number of nitrogens with zero attached hydrogens (tertiary/aromatic N) is 6. The minimum absolute atomic E-state index is 0.677. The number of aromatic nitrogens is 5. The van der Waals surface area contributed by atoms with Crippen molar-refractivity contribution in [1.82, 2.24) is 29.4 Å². The van der Waals surface area contributed by atoms with Crippen molar-refractivity contribution in [2.24, 2.45) is 0 Å². The third-order valence-electron chi connectivity index (χ3n) is 4.08. The molecule has 1 fully saturated rings. The van der Waals surface area contributed by atoms with Crippen LogP contribution in [0.1, 0.15) is 25.7 Å². The lowest BCUT2D eigenvalue weighted by Gasteiger charge is -2.35. The summed E-state index contributed by atoms with van der Waals surface area (Å²) in [6.07, 6.45) is 12.4. The van der Waals surface area contributed by atoms with Crippen molar-refractivity contribution in [1.29, 1.82) is 0 Å². The lowest BCUT2D eigenvalue weighted by molar-refractivity contribution is 0.129. The van der Waals surface area contributed by atoms with Crippen LogP contribution in [0.25, 0.3) is 0 Å². The maximum Gasteiger partial charge on any atom is 0.137 e. The second-order valence-electron chi connectivity index (χ2n) is 5.40. The average molecular weight is 274 g/mol. The zero-order valence-corrected chi connectivity index (χ0v) is 11.8. The molecule has 3 rings (SSSR count). The van der Waals surface area contributed by atoms with Crippen LogP contribution >= 0.6 is 0 Å². The summed E-state index contributed by atoms with van der Waals surface area (Å²) in [6.45, 7) is 4.21. The molecule has 1 aliphatic heterocycles. The maximum absolute atomic E-state index is 4.29. The van der Waals surface area contributed by atoms with Crippen molar-refractivity contribution in [3.63, 3.8) is 0 Å². The highest BCUT2D eigenvalue weighted by molar-refractivity contribution is 4.80. The number of hydrogen-bond acceptors (Lipinski definition) is 4. The van der Waals surface area contributed by atoms with Crippen LogP contribution < -0.4 is 0 Å². The molecule has 1 atom stereocenters. The van der Waals surface area contributed by atoms with Crippen molar-refractivity contribution in [3.8, 4) is 0 Å². The predicted octanol–water partition coefficient (Wildman–Crippen LogP) is 1.42. The van der Waals surface area contributed by atoms with Gasteiger partial charge in [-0.25, -0.2) is 4.98 Å². The van der Waals surface area contributed by atoms with E-state index in [0.717, 1.165) is 19.6 Å². The topological polar surface area (TPSA) is 51.8 Å². The Hall–Kier alpha value is -1.69. The minimum Gasteiger partial charge on any atom is -0.298 e. The highest BCUT2D eigenvalue weighted by Crippen LogP contribution is 2.20. The van der Waals surface area contributed by atoms with Crippen molar-refractivity contribution in [2.45, 2.75) is 44.8 Å². The van der Waals surface area contributed by atoms with Gasteiger partial charge in [-0.2, -0.15) is 10.2 Å². The van der Waals surface area contributed by atoms with Crippen LogP contribution in [0, 0.1) is 0 Å². The van der Waals surface area contributed by atoms with E-state index in [1.165, 1.54) is 32.2 Å². The van der Waals surface area contributed by atoms with E-state index in [1.807, 2.05) is 27.8 Å². The molecule has 0 aromatic carbocycles. The Balaban J connectivity index is 1.50. The molecular weight excluding hydrogens is 252 g/mol. The fraction of sp³-hybridized carbons (Fsp3) is 0.643. The first-order valence-electron chi connectivity index (χ1n) is 7.46. The van der Waals surface area contributed by atoms with E-state index in [4.69, 9.17) is 0 Å². The fourth-order valence-electron chi connectivity index (χ4n) is 2.97. The van der Waals surface area contributed by atoms with Gasteiger partial charge in [-0.1, -0.05) is 6.42 Å². The smallest absolute Gasteiger partial charge is 0.137 e. The number of aryl methyl sites for hydroxylation is 1. The van der Waals surface area contributed by atoms with Gasteiger partial charge in [-0.05, 0) is 31.9 Å².